The van der Waals surface area contributed by atoms with Crippen molar-refractivity contribution in [1.82, 2.24) is 0 Å². The van der Waals surface area contributed by atoms with Crippen LogP contribution in [0.5, 0.6) is 0 Å². The number of nitrogens with zero attached hydrogens (tertiary/aromatic N) is 1. The van der Waals surface area contributed by atoms with Gasteiger partial charge in [0.1, 0.15) is 0 Å². The Hall–Kier alpha value is -2.99. The molecule has 0 saturated carbocycles. The second-order valence-corrected chi connectivity index (χ2v) is 8.93. The molecular weight excluding hydrogens is 394 g/mol. The molecule has 1 spiro atoms. The van der Waals surface area contributed by atoms with E-state index in [1.165, 1.54) is 37.6 Å². The van der Waals surface area contributed by atoms with E-state index >= 15 is 0 Å². The molecule has 0 aromatic heterocycles. The fourth-order valence-electron chi connectivity index (χ4n) is 4.94. The van der Waals surface area contributed by atoms with Gasteiger partial charge in [-0.3, -0.25) is 0 Å². The molecule has 4 aromatic carbocycles. The lowest BCUT2D eigenvalue weighted by atomic mass is 9.67. The number of halogens is 1. The number of nitriles is 1. The second-order valence-electron chi connectivity index (χ2n) is 7.41. The summed E-state index contributed by atoms with van der Waals surface area (Å²) < 4.78 is 0. The van der Waals surface area contributed by atoms with Crippen molar-refractivity contribution in [3.63, 3.8) is 0 Å². The second kappa shape index (κ2) is 6.00. The van der Waals surface area contributed by atoms with E-state index in [0.29, 0.717) is 5.56 Å². The predicted molar refractivity (Wildman–Crippen MR) is 118 cm³/mol. The standard InChI is InChI=1S/C26H14ClNS/c27-17-10-11-19-18-5-1-2-6-20(18)26(22(19)14-17)21-7-3-4-8-24(21)29-25-12-9-16(15-28)13-23(25)26/h1-14H. The molecule has 1 atom stereocenters. The van der Waals surface area contributed by atoms with Gasteiger partial charge in [0.15, 0.2) is 0 Å². The van der Waals surface area contributed by atoms with E-state index in [2.05, 4.69) is 78.9 Å². The zero-order valence-electron chi connectivity index (χ0n) is 15.3. The van der Waals surface area contributed by atoms with E-state index in [1.54, 1.807) is 11.8 Å². The maximum absolute atomic E-state index is 9.62. The van der Waals surface area contributed by atoms with Crippen LogP contribution < -0.4 is 0 Å². The van der Waals surface area contributed by atoms with Gasteiger partial charge in [-0.15, -0.1) is 0 Å². The van der Waals surface area contributed by atoms with Gasteiger partial charge in [-0.05, 0) is 69.8 Å². The zero-order chi connectivity index (χ0) is 19.6. The van der Waals surface area contributed by atoms with E-state index in [4.69, 9.17) is 11.6 Å². The van der Waals surface area contributed by atoms with Crippen molar-refractivity contribution in [2.75, 3.05) is 0 Å². The fourth-order valence-corrected chi connectivity index (χ4v) is 6.29. The number of hydrogen-bond acceptors (Lipinski definition) is 2. The average Bonchev–Trinajstić information content (AvgIpc) is 3.04. The van der Waals surface area contributed by atoms with Crippen molar-refractivity contribution in [3.8, 4) is 17.2 Å². The van der Waals surface area contributed by atoms with E-state index in [1.807, 2.05) is 12.1 Å². The Morgan fingerprint density at radius 2 is 1.41 bits per heavy atom. The van der Waals surface area contributed by atoms with Gasteiger partial charge in [-0.1, -0.05) is 71.9 Å². The summed E-state index contributed by atoms with van der Waals surface area (Å²) in [5.74, 6) is 0. The minimum absolute atomic E-state index is 0.471. The van der Waals surface area contributed by atoms with Crippen molar-refractivity contribution in [2.24, 2.45) is 0 Å². The van der Waals surface area contributed by atoms with Gasteiger partial charge < -0.3 is 0 Å². The highest BCUT2D eigenvalue weighted by Gasteiger charge is 2.50. The van der Waals surface area contributed by atoms with Crippen molar-refractivity contribution in [2.45, 2.75) is 15.2 Å². The van der Waals surface area contributed by atoms with Crippen molar-refractivity contribution in [1.29, 1.82) is 5.26 Å². The lowest BCUT2D eigenvalue weighted by Crippen LogP contribution is -2.32. The summed E-state index contributed by atoms with van der Waals surface area (Å²) in [4.78, 5) is 2.43. The highest BCUT2D eigenvalue weighted by Crippen LogP contribution is 2.62. The Kier molecular flexibility index (Phi) is 3.50. The van der Waals surface area contributed by atoms with Gasteiger partial charge in [0.25, 0.3) is 0 Å². The van der Waals surface area contributed by atoms with Crippen molar-refractivity contribution >= 4 is 23.4 Å². The number of hydrogen-bond donors (Lipinski definition) is 0. The molecule has 0 saturated heterocycles. The highest BCUT2D eigenvalue weighted by atomic mass is 35.5. The summed E-state index contributed by atoms with van der Waals surface area (Å²) in [6, 6.07) is 31.8. The van der Waals surface area contributed by atoms with Gasteiger partial charge in [0, 0.05) is 14.8 Å². The molecule has 0 amide bonds. The molecule has 136 valence electrons. The summed E-state index contributed by atoms with van der Waals surface area (Å²) in [7, 11) is 0. The Morgan fingerprint density at radius 1 is 0.690 bits per heavy atom. The van der Waals surface area contributed by atoms with Crippen LogP contribution in [0.4, 0.5) is 0 Å². The molecule has 3 heteroatoms. The number of benzene rings is 4. The lowest BCUT2D eigenvalue weighted by Gasteiger charge is -2.39. The Morgan fingerprint density at radius 3 is 2.28 bits per heavy atom. The van der Waals surface area contributed by atoms with Crippen molar-refractivity contribution < 1.29 is 0 Å². The first kappa shape index (κ1) is 16.9. The van der Waals surface area contributed by atoms with Crippen LogP contribution in [0.1, 0.15) is 27.8 Å². The molecule has 0 radical (unpaired) electrons. The monoisotopic (exact) mass is 407 g/mol. The minimum Gasteiger partial charge on any atom is -0.192 e. The minimum atomic E-state index is -0.471. The largest absolute Gasteiger partial charge is 0.192 e. The molecule has 1 unspecified atom stereocenters. The maximum Gasteiger partial charge on any atom is 0.0991 e. The van der Waals surface area contributed by atoms with Crippen LogP contribution in [0, 0.1) is 11.3 Å². The molecule has 1 aliphatic carbocycles. The molecule has 1 aliphatic heterocycles. The van der Waals surface area contributed by atoms with Crippen LogP contribution in [0.25, 0.3) is 11.1 Å². The molecule has 0 bridgehead atoms. The van der Waals surface area contributed by atoms with E-state index in [0.717, 1.165) is 10.6 Å². The summed E-state index contributed by atoms with van der Waals surface area (Å²) in [5, 5.41) is 10.3. The van der Waals surface area contributed by atoms with Crippen LogP contribution in [0.2, 0.25) is 5.02 Å². The van der Waals surface area contributed by atoms with Gasteiger partial charge >= 0.3 is 0 Å². The molecule has 1 heterocycles. The fraction of sp³-hybridized carbons (Fsp3) is 0.0385. The average molecular weight is 408 g/mol. The molecule has 0 fully saturated rings. The van der Waals surface area contributed by atoms with Crippen LogP contribution in [-0.4, -0.2) is 0 Å². The quantitative estimate of drug-likeness (QED) is 0.269. The third kappa shape index (κ3) is 2.12. The lowest BCUT2D eigenvalue weighted by molar-refractivity contribution is 0.722. The first-order chi connectivity index (χ1) is 14.2. The summed E-state index contributed by atoms with van der Waals surface area (Å²) in [6.07, 6.45) is 0. The third-order valence-electron chi connectivity index (χ3n) is 6.03. The summed E-state index contributed by atoms with van der Waals surface area (Å²) >= 11 is 8.30. The summed E-state index contributed by atoms with van der Waals surface area (Å²) in [6.45, 7) is 0. The molecule has 29 heavy (non-hydrogen) atoms. The normalized spacial score (nSPS) is 17.8. The zero-order valence-corrected chi connectivity index (χ0v) is 16.9. The molecule has 0 N–H and O–H groups in total. The van der Waals surface area contributed by atoms with Crippen LogP contribution in [0.3, 0.4) is 0 Å². The SMILES string of the molecule is N#Cc1ccc2c(c1)C1(c3ccccc3S2)c2ccccc2-c2ccc(Cl)cc21. The van der Waals surface area contributed by atoms with E-state index < -0.39 is 5.41 Å². The van der Waals surface area contributed by atoms with Crippen LogP contribution in [-0.2, 0) is 5.41 Å². The van der Waals surface area contributed by atoms with Gasteiger partial charge in [-0.2, -0.15) is 5.26 Å². The third-order valence-corrected chi connectivity index (χ3v) is 7.42. The number of rotatable bonds is 0. The van der Waals surface area contributed by atoms with Crippen LogP contribution >= 0.6 is 23.4 Å². The Labute approximate surface area is 178 Å². The molecule has 1 nitrogen and oxygen atoms in total. The van der Waals surface area contributed by atoms with Gasteiger partial charge in [-0.25, -0.2) is 0 Å². The maximum atomic E-state index is 9.62. The Balaban J connectivity index is 1.86. The van der Waals surface area contributed by atoms with Crippen LogP contribution in [0.15, 0.2) is 94.7 Å². The van der Waals surface area contributed by atoms with E-state index in [-0.39, 0.29) is 0 Å². The van der Waals surface area contributed by atoms with Gasteiger partial charge in [0.05, 0.1) is 17.0 Å². The first-order valence-corrected chi connectivity index (χ1v) is 10.6. The molecule has 4 aromatic rings. The molecule has 6 rings (SSSR count). The van der Waals surface area contributed by atoms with E-state index in [9.17, 15) is 5.26 Å². The molecular formula is C26H14ClNS. The highest BCUT2D eigenvalue weighted by molar-refractivity contribution is 7.99. The topological polar surface area (TPSA) is 23.8 Å². The predicted octanol–water partition coefficient (Wildman–Crippen LogP) is 7.04. The number of fused-ring (bicyclic) bond motifs is 9. The van der Waals surface area contributed by atoms with Gasteiger partial charge in [0.2, 0.25) is 0 Å². The smallest absolute Gasteiger partial charge is 0.0991 e. The molecule has 2 aliphatic rings. The summed E-state index contributed by atoms with van der Waals surface area (Å²) in [5.41, 5.74) is 7.50. The Bertz CT molecular complexity index is 1370. The van der Waals surface area contributed by atoms with Crippen molar-refractivity contribution in [3.05, 3.63) is 118 Å². The first-order valence-electron chi connectivity index (χ1n) is 9.45.